The highest BCUT2D eigenvalue weighted by Crippen LogP contribution is 2.38. The van der Waals surface area contributed by atoms with E-state index < -0.39 is 39.4 Å². The van der Waals surface area contributed by atoms with Crippen molar-refractivity contribution in [2.45, 2.75) is 6.54 Å². The van der Waals surface area contributed by atoms with Gasteiger partial charge in [0.2, 0.25) is 5.75 Å². The molecule has 0 saturated heterocycles. The molecule has 0 aliphatic carbocycles. The van der Waals surface area contributed by atoms with Crippen LogP contribution >= 0.6 is 0 Å². The van der Waals surface area contributed by atoms with E-state index in [1.54, 1.807) is 36.7 Å². The highest BCUT2D eigenvalue weighted by Gasteiger charge is 2.26. The van der Waals surface area contributed by atoms with Gasteiger partial charge in [-0.05, 0) is 23.8 Å². The van der Waals surface area contributed by atoms with Crippen molar-refractivity contribution in [3.8, 4) is 28.7 Å². The van der Waals surface area contributed by atoms with Crippen LogP contribution in [0.1, 0.15) is 11.1 Å². The predicted molar refractivity (Wildman–Crippen MR) is 123 cm³/mol. The molecule has 0 atom stereocenters. The van der Waals surface area contributed by atoms with Gasteiger partial charge >= 0.3 is 5.69 Å². The van der Waals surface area contributed by atoms with E-state index in [9.17, 15) is 34.8 Å². The van der Waals surface area contributed by atoms with Crippen LogP contribution in [0.5, 0.6) is 11.5 Å². The fourth-order valence-electron chi connectivity index (χ4n) is 3.28. The largest absolute Gasteiger partial charge is 0.506 e. The SMILES string of the molecule is COc1cc(/C(O)=C(\C#N)C(=O)N(C)Cc2ccc(-c3cccnc3)cc2F)cc([N+](=O)[O-])c1O. The maximum absolute atomic E-state index is 14.7. The lowest BCUT2D eigenvalue weighted by atomic mass is 10.0. The zero-order valence-electron chi connectivity index (χ0n) is 18.6. The van der Waals surface area contributed by atoms with Crippen LogP contribution in [-0.4, -0.2) is 45.1 Å². The van der Waals surface area contributed by atoms with Crippen molar-refractivity contribution in [1.29, 1.82) is 5.26 Å². The Kier molecular flexibility index (Phi) is 7.26. The quantitative estimate of drug-likeness (QED) is 0.170. The van der Waals surface area contributed by atoms with Crippen molar-refractivity contribution in [3.05, 3.63) is 87.5 Å². The average Bonchev–Trinajstić information content (AvgIpc) is 2.85. The van der Waals surface area contributed by atoms with Gasteiger partial charge in [-0.1, -0.05) is 18.2 Å². The Morgan fingerprint density at radius 1 is 1.29 bits per heavy atom. The van der Waals surface area contributed by atoms with Crippen LogP contribution in [0.4, 0.5) is 10.1 Å². The molecule has 0 radical (unpaired) electrons. The minimum atomic E-state index is -0.949. The lowest BCUT2D eigenvalue weighted by Crippen LogP contribution is -2.28. The second kappa shape index (κ2) is 10.3. The van der Waals surface area contributed by atoms with Crippen LogP contribution in [0.3, 0.4) is 0 Å². The van der Waals surface area contributed by atoms with Crippen molar-refractivity contribution in [2.24, 2.45) is 0 Å². The normalized spacial score (nSPS) is 11.3. The first kappa shape index (κ1) is 24.7. The molecule has 0 aliphatic rings. The maximum Gasteiger partial charge on any atom is 0.315 e. The second-order valence-electron chi connectivity index (χ2n) is 7.35. The number of pyridine rings is 1. The molecule has 1 heterocycles. The number of phenolic OH excluding ortho intramolecular Hbond substituents is 1. The topological polar surface area (TPSA) is 150 Å². The minimum absolute atomic E-state index is 0.159. The fourth-order valence-corrected chi connectivity index (χ4v) is 3.28. The minimum Gasteiger partial charge on any atom is -0.506 e. The summed E-state index contributed by atoms with van der Waals surface area (Å²) in [6, 6.07) is 11.4. The van der Waals surface area contributed by atoms with Crippen LogP contribution in [0.15, 0.2) is 60.4 Å². The number of nitrogens with zero attached hydrogens (tertiary/aromatic N) is 4. The molecule has 1 amide bonds. The summed E-state index contributed by atoms with van der Waals surface area (Å²) in [7, 11) is 2.45. The van der Waals surface area contributed by atoms with Gasteiger partial charge in [0, 0.05) is 48.7 Å². The molecule has 0 unspecified atom stereocenters. The Bertz CT molecular complexity index is 1370. The summed E-state index contributed by atoms with van der Waals surface area (Å²) in [5.41, 5.74) is -0.363. The number of ether oxygens (including phenoxy) is 1. The molecule has 35 heavy (non-hydrogen) atoms. The number of carbonyl (C=O) groups is 1. The van der Waals surface area contributed by atoms with Crippen molar-refractivity contribution in [2.75, 3.05) is 14.2 Å². The van der Waals surface area contributed by atoms with Gasteiger partial charge < -0.3 is 19.8 Å². The third kappa shape index (κ3) is 5.17. The van der Waals surface area contributed by atoms with Crippen LogP contribution in [0.25, 0.3) is 16.9 Å². The highest BCUT2D eigenvalue weighted by atomic mass is 19.1. The van der Waals surface area contributed by atoms with Gasteiger partial charge in [-0.15, -0.1) is 0 Å². The molecule has 1 aromatic heterocycles. The zero-order chi connectivity index (χ0) is 25.7. The monoisotopic (exact) mass is 478 g/mol. The molecule has 0 bridgehead atoms. The number of carbonyl (C=O) groups excluding carboxylic acids is 1. The van der Waals surface area contributed by atoms with Crippen molar-refractivity contribution in [1.82, 2.24) is 9.88 Å². The van der Waals surface area contributed by atoms with Crippen LogP contribution in [0.2, 0.25) is 0 Å². The number of hydrogen-bond donors (Lipinski definition) is 2. The summed E-state index contributed by atoms with van der Waals surface area (Å²) in [5, 5.41) is 41.2. The summed E-state index contributed by atoms with van der Waals surface area (Å²) in [5.74, 6) is -3.51. The number of hydrogen-bond acceptors (Lipinski definition) is 8. The molecule has 10 nitrogen and oxygen atoms in total. The number of aliphatic hydroxyl groups is 1. The smallest absolute Gasteiger partial charge is 0.315 e. The number of nitro groups is 1. The molecule has 0 fully saturated rings. The molecule has 3 rings (SSSR count). The summed E-state index contributed by atoms with van der Waals surface area (Å²) in [6.45, 7) is -0.227. The lowest BCUT2D eigenvalue weighted by Gasteiger charge is -2.18. The highest BCUT2D eigenvalue weighted by molar-refractivity contribution is 6.03. The van der Waals surface area contributed by atoms with Crippen LogP contribution in [-0.2, 0) is 11.3 Å². The van der Waals surface area contributed by atoms with E-state index in [-0.39, 0.29) is 23.4 Å². The summed E-state index contributed by atoms with van der Waals surface area (Å²) in [4.78, 5) is 28.2. The van der Waals surface area contributed by atoms with E-state index in [4.69, 9.17) is 4.74 Å². The Balaban J connectivity index is 1.91. The third-order valence-corrected chi connectivity index (χ3v) is 5.11. The van der Waals surface area contributed by atoms with Gasteiger partial charge in [-0.2, -0.15) is 5.26 Å². The lowest BCUT2D eigenvalue weighted by molar-refractivity contribution is -0.386. The summed E-state index contributed by atoms with van der Waals surface area (Å²) < 4.78 is 19.6. The number of rotatable bonds is 7. The van der Waals surface area contributed by atoms with Gasteiger partial charge in [-0.25, -0.2) is 4.39 Å². The van der Waals surface area contributed by atoms with Gasteiger partial charge in [0.1, 0.15) is 17.6 Å². The Morgan fingerprint density at radius 3 is 2.60 bits per heavy atom. The van der Waals surface area contributed by atoms with E-state index in [2.05, 4.69) is 4.98 Å². The van der Waals surface area contributed by atoms with Gasteiger partial charge in [-0.3, -0.25) is 19.9 Å². The van der Waals surface area contributed by atoms with Crippen molar-refractivity contribution in [3.63, 3.8) is 0 Å². The van der Waals surface area contributed by atoms with Crippen molar-refractivity contribution < 1.29 is 29.1 Å². The number of nitro benzene ring substituents is 1. The molecule has 2 N–H and O–H groups in total. The third-order valence-electron chi connectivity index (χ3n) is 5.11. The summed E-state index contributed by atoms with van der Waals surface area (Å²) in [6.07, 6.45) is 3.18. The standard InChI is InChI=1S/C24H19FN4O6/c1-28(13-16-6-5-14(8-19(16)25)15-4-3-7-27-12-15)24(32)18(11-26)22(30)17-9-20(29(33)34)23(31)21(10-17)35-2/h3-10,12,30-31H,13H2,1-2H3/b22-18-. The molecule has 2 aromatic carbocycles. The summed E-state index contributed by atoms with van der Waals surface area (Å²) >= 11 is 0. The van der Waals surface area contributed by atoms with Gasteiger partial charge in [0.05, 0.1) is 12.0 Å². The van der Waals surface area contributed by atoms with Crippen molar-refractivity contribution >= 4 is 17.4 Å². The fraction of sp³-hybridized carbons (Fsp3) is 0.125. The molecular formula is C24H19FN4O6. The van der Waals surface area contributed by atoms with Gasteiger partial charge in [0.25, 0.3) is 5.91 Å². The van der Waals surface area contributed by atoms with Gasteiger partial charge in [0.15, 0.2) is 11.3 Å². The van der Waals surface area contributed by atoms with E-state index in [0.29, 0.717) is 11.1 Å². The molecular weight excluding hydrogens is 459 g/mol. The molecule has 3 aromatic rings. The average molecular weight is 478 g/mol. The molecule has 178 valence electrons. The molecule has 0 saturated carbocycles. The van der Waals surface area contributed by atoms with E-state index in [0.717, 1.165) is 24.1 Å². The zero-order valence-corrected chi connectivity index (χ0v) is 18.6. The Hall–Kier alpha value is -4.98. The first-order valence-corrected chi connectivity index (χ1v) is 10.0. The molecule has 0 spiro atoms. The number of phenols is 1. The number of methoxy groups -OCH3 is 1. The van der Waals surface area contributed by atoms with Crippen LogP contribution in [0, 0.1) is 27.3 Å². The number of aromatic nitrogens is 1. The maximum atomic E-state index is 14.7. The Morgan fingerprint density at radius 2 is 2.03 bits per heavy atom. The van der Waals surface area contributed by atoms with E-state index in [1.165, 1.54) is 19.2 Å². The molecule has 0 aliphatic heterocycles. The first-order chi connectivity index (χ1) is 16.7. The number of nitriles is 1. The molecule has 11 heteroatoms. The number of amides is 1. The Labute approximate surface area is 198 Å². The number of likely N-dealkylation sites (N-methyl/N-ethyl adjacent to an activating group) is 1. The number of benzene rings is 2. The number of halogens is 1. The predicted octanol–water partition coefficient (Wildman–Crippen LogP) is 3.96. The van der Waals surface area contributed by atoms with E-state index >= 15 is 0 Å². The van der Waals surface area contributed by atoms with E-state index in [1.807, 2.05) is 0 Å². The second-order valence-corrected chi connectivity index (χ2v) is 7.35. The first-order valence-electron chi connectivity index (χ1n) is 10.0. The number of aliphatic hydroxyl groups excluding tert-OH is 1. The number of aromatic hydroxyl groups is 1. The van der Waals surface area contributed by atoms with Crippen LogP contribution < -0.4 is 4.74 Å².